The normalized spacial score (nSPS) is 21.7. The predicted molar refractivity (Wildman–Crippen MR) is 146 cm³/mol. The average molecular weight is 542 g/mol. The molecule has 1 aliphatic carbocycles. The topological polar surface area (TPSA) is 83.5 Å². The van der Waals surface area contributed by atoms with E-state index in [1.54, 1.807) is 4.68 Å². The number of pyridine rings is 1. The third kappa shape index (κ3) is 5.20. The second-order valence-electron chi connectivity index (χ2n) is 11.4. The molecule has 10 heteroatoms. The van der Waals surface area contributed by atoms with Crippen LogP contribution < -0.4 is 5.56 Å². The predicted octanol–water partition coefficient (Wildman–Crippen LogP) is 4.38. The molecule has 1 N–H and O–H groups in total. The third-order valence-electron chi connectivity index (χ3n) is 8.95. The number of aromatic nitrogens is 3. The Hall–Kier alpha value is -2.85. The van der Waals surface area contributed by atoms with Gasteiger partial charge in [-0.15, -0.1) is 0 Å². The minimum Gasteiger partial charge on any atom is -0.381 e. The Morgan fingerprint density at radius 1 is 1.08 bits per heavy atom. The van der Waals surface area contributed by atoms with Crippen LogP contribution in [-0.2, 0) is 11.2 Å². The number of hydrogen-bond donors (Lipinski definition) is 1. The molecule has 210 valence electrons. The van der Waals surface area contributed by atoms with E-state index in [4.69, 9.17) is 4.74 Å². The highest BCUT2D eigenvalue weighted by Gasteiger charge is 2.36. The first-order valence-corrected chi connectivity index (χ1v) is 14.4. The molecule has 1 saturated carbocycles. The Morgan fingerprint density at radius 3 is 2.49 bits per heavy atom. The van der Waals surface area contributed by atoms with E-state index in [2.05, 4.69) is 15.0 Å². The van der Waals surface area contributed by atoms with Gasteiger partial charge in [0.15, 0.2) is 0 Å². The van der Waals surface area contributed by atoms with Crippen molar-refractivity contribution >= 4 is 27.7 Å². The molecular weight excluding hydrogens is 504 g/mol. The summed E-state index contributed by atoms with van der Waals surface area (Å²) in [5, 5.41) is 5.64. The summed E-state index contributed by atoms with van der Waals surface area (Å²) < 4.78 is 35.0. The fourth-order valence-corrected chi connectivity index (χ4v) is 6.57. The van der Waals surface area contributed by atoms with E-state index in [0.717, 1.165) is 56.6 Å². The Kier molecular flexibility index (Phi) is 7.18. The minimum atomic E-state index is -2.65. The molecule has 2 aromatic heterocycles. The fraction of sp³-hybridized carbons (Fsp3) is 0.621. The van der Waals surface area contributed by atoms with Crippen molar-refractivity contribution in [1.29, 1.82) is 0 Å². The lowest BCUT2D eigenvalue weighted by Gasteiger charge is -2.37. The zero-order valence-corrected chi connectivity index (χ0v) is 22.6. The van der Waals surface area contributed by atoms with Gasteiger partial charge in [-0.05, 0) is 55.7 Å². The first-order chi connectivity index (χ1) is 18.8. The molecule has 0 atom stereocenters. The summed E-state index contributed by atoms with van der Waals surface area (Å²) in [4.78, 5) is 34.1. The number of alkyl halides is 2. The van der Waals surface area contributed by atoms with Crippen LogP contribution in [0.25, 0.3) is 21.8 Å². The maximum absolute atomic E-state index is 13.9. The number of rotatable bonds is 5. The van der Waals surface area contributed by atoms with Crippen molar-refractivity contribution in [2.45, 2.75) is 63.8 Å². The van der Waals surface area contributed by atoms with Crippen LogP contribution in [0.5, 0.6) is 0 Å². The second-order valence-corrected chi connectivity index (χ2v) is 11.4. The van der Waals surface area contributed by atoms with Crippen LogP contribution in [0, 0.1) is 5.92 Å². The lowest BCUT2D eigenvalue weighted by molar-refractivity contribution is -0.0445. The number of carbonyl (C=O) groups excluding carboxylic acids is 1. The zero-order valence-electron chi connectivity index (χ0n) is 22.6. The van der Waals surface area contributed by atoms with Crippen molar-refractivity contribution in [3.63, 3.8) is 0 Å². The van der Waals surface area contributed by atoms with Crippen molar-refractivity contribution in [2.24, 2.45) is 5.92 Å². The van der Waals surface area contributed by atoms with E-state index in [0.29, 0.717) is 60.3 Å². The highest BCUT2D eigenvalue weighted by atomic mass is 19.3. The van der Waals surface area contributed by atoms with Gasteiger partial charge in [0.25, 0.3) is 11.5 Å². The van der Waals surface area contributed by atoms with Gasteiger partial charge in [-0.1, -0.05) is 6.92 Å². The van der Waals surface area contributed by atoms with Gasteiger partial charge in [-0.3, -0.25) is 19.2 Å². The average Bonchev–Trinajstić information content (AvgIpc) is 3.39. The van der Waals surface area contributed by atoms with Gasteiger partial charge in [-0.2, -0.15) is 5.10 Å². The number of piperazine rings is 1. The van der Waals surface area contributed by atoms with Crippen LogP contribution in [0.1, 0.15) is 67.4 Å². The van der Waals surface area contributed by atoms with Gasteiger partial charge in [0.05, 0.1) is 28.7 Å². The van der Waals surface area contributed by atoms with Crippen LogP contribution in [0.4, 0.5) is 8.78 Å². The molecule has 3 aromatic rings. The Morgan fingerprint density at radius 2 is 1.79 bits per heavy atom. The molecule has 1 amide bonds. The van der Waals surface area contributed by atoms with Crippen LogP contribution in [0.2, 0.25) is 0 Å². The summed E-state index contributed by atoms with van der Waals surface area (Å²) in [5.74, 6) is -1.98. The van der Waals surface area contributed by atoms with Crippen LogP contribution in [0.3, 0.4) is 0 Å². The molecular formula is C29H37F2N5O3. The number of H-pyrrole nitrogens is 1. The van der Waals surface area contributed by atoms with Gasteiger partial charge < -0.3 is 14.6 Å². The monoisotopic (exact) mass is 541 g/mol. The molecule has 4 heterocycles. The fourth-order valence-electron chi connectivity index (χ4n) is 6.57. The molecule has 3 aliphatic rings. The van der Waals surface area contributed by atoms with Gasteiger partial charge in [0.1, 0.15) is 0 Å². The van der Waals surface area contributed by atoms with Gasteiger partial charge in [0, 0.05) is 69.7 Å². The second kappa shape index (κ2) is 10.6. The van der Waals surface area contributed by atoms with E-state index in [-0.39, 0.29) is 30.3 Å². The number of benzene rings is 1. The van der Waals surface area contributed by atoms with E-state index in [9.17, 15) is 18.4 Å². The summed E-state index contributed by atoms with van der Waals surface area (Å²) in [6, 6.07) is 3.58. The number of aryl methyl sites for hydroxylation is 1. The van der Waals surface area contributed by atoms with Crippen LogP contribution in [-0.4, -0.2) is 82.3 Å². The third-order valence-corrected chi connectivity index (χ3v) is 8.95. The number of ether oxygens (including phenoxy) is 1. The molecule has 0 bridgehead atoms. The van der Waals surface area contributed by atoms with Crippen LogP contribution >= 0.6 is 0 Å². The number of carbonyl (C=O) groups is 1. The summed E-state index contributed by atoms with van der Waals surface area (Å²) in [5.41, 5.74) is 2.54. The number of aromatic amines is 1. The van der Waals surface area contributed by atoms with Crippen molar-refractivity contribution in [2.75, 3.05) is 45.9 Å². The lowest BCUT2D eigenvalue weighted by atomic mass is 9.92. The standard InChI is InChI=1S/C29H37F2N5O3/c1-2-20-15-25-23(26-24(27(37)33-25)17-32-36(26)21-3-7-29(30,31)8-4-21)16-22(20)28(38)35-11-9-34(10-12-35)18-19-5-13-39-14-6-19/h15-17,19,21H,2-14,18H2,1H3,(H,33,37). The van der Waals surface area contributed by atoms with E-state index < -0.39 is 5.92 Å². The van der Waals surface area contributed by atoms with Crippen molar-refractivity contribution in [1.82, 2.24) is 24.6 Å². The highest BCUT2D eigenvalue weighted by Crippen LogP contribution is 2.40. The van der Waals surface area contributed by atoms with Gasteiger partial charge >= 0.3 is 0 Å². The maximum Gasteiger partial charge on any atom is 0.259 e. The smallest absolute Gasteiger partial charge is 0.259 e. The molecule has 39 heavy (non-hydrogen) atoms. The number of halogens is 2. The molecule has 3 fully saturated rings. The summed E-state index contributed by atoms with van der Waals surface area (Å²) >= 11 is 0. The van der Waals surface area contributed by atoms with E-state index >= 15 is 0 Å². The number of nitrogens with zero attached hydrogens (tertiary/aromatic N) is 4. The molecule has 6 rings (SSSR count). The molecule has 8 nitrogen and oxygen atoms in total. The van der Waals surface area contributed by atoms with Gasteiger partial charge in [0.2, 0.25) is 5.92 Å². The molecule has 2 aliphatic heterocycles. The van der Waals surface area contributed by atoms with Crippen molar-refractivity contribution < 1.29 is 18.3 Å². The minimum absolute atomic E-state index is 0.00203. The first kappa shape index (κ1) is 26.4. The summed E-state index contributed by atoms with van der Waals surface area (Å²) in [7, 11) is 0. The van der Waals surface area contributed by atoms with Crippen LogP contribution in [0.15, 0.2) is 23.1 Å². The van der Waals surface area contributed by atoms with E-state index in [1.165, 1.54) is 6.20 Å². The molecule has 1 aromatic carbocycles. The first-order valence-electron chi connectivity index (χ1n) is 14.4. The van der Waals surface area contributed by atoms with Gasteiger partial charge in [-0.25, -0.2) is 8.78 Å². The molecule has 0 unspecified atom stereocenters. The van der Waals surface area contributed by atoms with Crippen molar-refractivity contribution in [3.8, 4) is 0 Å². The largest absolute Gasteiger partial charge is 0.381 e. The number of nitrogens with one attached hydrogen (secondary N) is 1. The quantitative estimate of drug-likeness (QED) is 0.519. The Balaban J connectivity index is 1.29. The Bertz CT molecular complexity index is 1410. The van der Waals surface area contributed by atoms with Crippen molar-refractivity contribution in [3.05, 3.63) is 39.8 Å². The molecule has 0 spiro atoms. The molecule has 2 saturated heterocycles. The summed E-state index contributed by atoms with van der Waals surface area (Å²) in [6.07, 6.45) is 4.60. The lowest BCUT2D eigenvalue weighted by Crippen LogP contribution is -2.50. The number of amides is 1. The maximum atomic E-state index is 13.9. The summed E-state index contributed by atoms with van der Waals surface area (Å²) in [6.45, 7) is 7.82. The molecule has 0 radical (unpaired) electrons. The van der Waals surface area contributed by atoms with E-state index in [1.807, 2.05) is 24.0 Å². The number of fused-ring (bicyclic) bond motifs is 3. The Labute approximate surface area is 226 Å². The number of hydrogen-bond acceptors (Lipinski definition) is 5. The highest BCUT2D eigenvalue weighted by molar-refractivity contribution is 6.07. The zero-order chi connectivity index (χ0) is 27.1. The SMILES string of the molecule is CCc1cc2[nH]c(=O)c3cnn(C4CCC(F)(F)CC4)c3c2cc1C(=O)N1CCN(CC2CCOCC2)CC1.